The average molecular weight is 283 g/mol. The molecule has 0 aromatic rings. The summed E-state index contributed by atoms with van der Waals surface area (Å²) in [5.74, 6) is -0.503. The number of aliphatic hydroxyl groups is 1. The van der Waals surface area contributed by atoms with Gasteiger partial charge in [-0.25, -0.2) is 0 Å². The molecule has 6 nitrogen and oxygen atoms in total. The molecular formula is C14H25N3O3. The molecule has 2 fully saturated rings. The standard InChI is InChI=1S/C14H25N3O3/c1-11(18)12-3-8-17(9-4-12)14(20)13(19)16-7-2-5-15-6-10-16/h11-12,15,18H,2-10H2,1H3. The SMILES string of the molecule is CC(O)C1CCN(C(=O)C(=O)N2CCCNCC2)CC1. The van der Waals surface area contributed by atoms with Crippen molar-refractivity contribution >= 4 is 11.8 Å². The molecule has 2 heterocycles. The van der Waals surface area contributed by atoms with Gasteiger partial charge in [0.15, 0.2) is 0 Å². The molecule has 20 heavy (non-hydrogen) atoms. The molecule has 2 N–H and O–H groups in total. The number of aliphatic hydroxyl groups excluding tert-OH is 1. The van der Waals surface area contributed by atoms with Crippen molar-refractivity contribution in [2.24, 2.45) is 5.92 Å². The topological polar surface area (TPSA) is 72.9 Å². The quantitative estimate of drug-likeness (QED) is 0.632. The number of amides is 2. The van der Waals surface area contributed by atoms with Crippen LogP contribution in [0.15, 0.2) is 0 Å². The molecule has 6 heteroatoms. The number of likely N-dealkylation sites (tertiary alicyclic amines) is 1. The Bertz CT molecular complexity index is 344. The highest BCUT2D eigenvalue weighted by Crippen LogP contribution is 2.20. The Morgan fingerprint density at radius 1 is 1.05 bits per heavy atom. The Morgan fingerprint density at radius 3 is 2.25 bits per heavy atom. The Balaban J connectivity index is 1.86. The van der Waals surface area contributed by atoms with Crippen LogP contribution < -0.4 is 5.32 Å². The second kappa shape index (κ2) is 7.04. The molecule has 2 rings (SSSR count). The highest BCUT2D eigenvalue weighted by molar-refractivity contribution is 6.34. The van der Waals surface area contributed by atoms with E-state index in [1.165, 1.54) is 0 Å². The minimum absolute atomic E-state index is 0.247. The monoisotopic (exact) mass is 283 g/mol. The van der Waals surface area contributed by atoms with Gasteiger partial charge in [0.2, 0.25) is 0 Å². The van der Waals surface area contributed by atoms with E-state index < -0.39 is 0 Å². The van der Waals surface area contributed by atoms with Gasteiger partial charge in [-0.1, -0.05) is 0 Å². The molecule has 2 amide bonds. The van der Waals surface area contributed by atoms with E-state index in [1.807, 2.05) is 0 Å². The Kier molecular flexibility index (Phi) is 5.37. The molecule has 0 radical (unpaired) electrons. The lowest BCUT2D eigenvalue weighted by molar-refractivity contribution is -0.152. The van der Waals surface area contributed by atoms with Crippen molar-refractivity contribution in [2.75, 3.05) is 39.3 Å². The van der Waals surface area contributed by atoms with Crippen molar-refractivity contribution in [1.82, 2.24) is 15.1 Å². The van der Waals surface area contributed by atoms with E-state index in [0.29, 0.717) is 26.2 Å². The van der Waals surface area contributed by atoms with Gasteiger partial charge in [-0.15, -0.1) is 0 Å². The minimum Gasteiger partial charge on any atom is -0.393 e. The molecule has 0 spiro atoms. The first-order chi connectivity index (χ1) is 9.59. The third-order valence-corrected chi connectivity index (χ3v) is 4.32. The van der Waals surface area contributed by atoms with E-state index in [0.717, 1.165) is 32.4 Å². The van der Waals surface area contributed by atoms with Crippen molar-refractivity contribution in [3.8, 4) is 0 Å². The van der Waals surface area contributed by atoms with Crippen molar-refractivity contribution in [3.63, 3.8) is 0 Å². The molecule has 0 aromatic carbocycles. The van der Waals surface area contributed by atoms with Gasteiger partial charge >= 0.3 is 11.8 Å². The predicted molar refractivity (Wildman–Crippen MR) is 75.1 cm³/mol. The molecule has 1 atom stereocenters. The maximum absolute atomic E-state index is 12.2. The fraction of sp³-hybridized carbons (Fsp3) is 0.857. The summed E-state index contributed by atoms with van der Waals surface area (Å²) in [7, 11) is 0. The van der Waals surface area contributed by atoms with Crippen LogP contribution >= 0.6 is 0 Å². The summed E-state index contributed by atoms with van der Waals surface area (Å²) >= 11 is 0. The number of piperidine rings is 1. The van der Waals surface area contributed by atoms with E-state index in [-0.39, 0.29) is 23.8 Å². The Morgan fingerprint density at radius 2 is 1.65 bits per heavy atom. The van der Waals surface area contributed by atoms with Crippen LogP contribution in [-0.2, 0) is 9.59 Å². The number of nitrogens with one attached hydrogen (secondary N) is 1. The van der Waals surface area contributed by atoms with Crippen molar-refractivity contribution < 1.29 is 14.7 Å². The normalized spacial score (nSPS) is 23.3. The van der Waals surface area contributed by atoms with Crippen LogP contribution in [0.5, 0.6) is 0 Å². The number of hydrogen-bond donors (Lipinski definition) is 2. The third kappa shape index (κ3) is 3.70. The largest absolute Gasteiger partial charge is 0.393 e. The maximum Gasteiger partial charge on any atom is 0.312 e. The number of rotatable bonds is 1. The summed E-state index contributed by atoms with van der Waals surface area (Å²) in [6.07, 6.45) is 2.11. The van der Waals surface area contributed by atoms with Gasteiger partial charge in [-0.2, -0.15) is 0 Å². The molecule has 2 aliphatic heterocycles. The zero-order chi connectivity index (χ0) is 14.5. The molecule has 114 valence electrons. The molecule has 0 saturated carbocycles. The number of hydrogen-bond acceptors (Lipinski definition) is 4. The van der Waals surface area contributed by atoms with Gasteiger partial charge in [0.25, 0.3) is 0 Å². The minimum atomic E-state index is -0.379. The van der Waals surface area contributed by atoms with Crippen molar-refractivity contribution in [1.29, 1.82) is 0 Å². The van der Waals surface area contributed by atoms with E-state index in [4.69, 9.17) is 0 Å². The van der Waals surface area contributed by atoms with Crippen LogP contribution in [0.2, 0.25) is 0 Å². The van der Waals surface area contributed by atoms with Crippen LogP contribution in [0.25, 0.3) is 0 Å². The van der Waals surface area contributed by atoms with Crippen LogP contribution in [0.1, 0.15) is 26.2 Å². The second-order valence-corrected chi connectivity index (χ2v) is 5.77. The number of nitrogens with zero attached hydrogens (tertiary/aromatic N) is 2. The van der Waals surface area contributed by atoms with Crippen molar-refractivity contribution in [3.05, 3.63) is 0 Å². The van der Waals surface area contributed by atoms with Gasteiger partial charge in [0, 0.05) is 32.7 Å². The summed E-state index contributed by atoms with van der Waals surface area (Å²) < 4.78 is 0. The zero-order valence-electron chi connectivity index (χ0n) is 12.2. The highest BCUT2D eigenvalue weighted by atomic mass is 16.3. The summed E-state index contributed by atoms with van der Waals surface area (Å²) in [4.78, 5) is 27.8. The van der Waals surface area contributed by atoms with Crippen molar-refractivity contribution in [2.45, 2.75) is 32.3 Å². The molecule has 0 aromatic heterocycles. The maximum atomic E-state index is 12.2. The van der Waals surface area contributed by atoms with Crippen LogP contribution in [0, 0.1) is 5.92 Å². The Labute approximate surface area is 120 Å². The molecule has 0 bridgehead atoms. The average Bonchev–Trinajstić information content (AvgIpc) is 2.75. The van der Waals surface area contributed by atoms with E-state index in [1.54, 1.807) is 16.7 Å². The van der Waals surface area contributed by atoms with E-state index in [2.05, 4.69) is 5.32 Å². The second-order valence-electron chi connectivity index (χ2n) is 5.77. The lowest BCUT2D eigenvalue weighted by Crippen LogP contribution is -2.49. The molecular weight excluding hydrogens is 258 g/mol. The van der Waals surface area contributed by atoms with Crippen LogP contribution in [0.4, 0.5) is 0 Å². The fourth-order valence-electron chi connectivity index (χ4n) is 2.90. The lowest BCUT2D eigenvalue weighted by Gasteiger charge is -2.33. The Hall–Kier alpha value is -1.14. The van der Waals surface area contributed by atoms with Crippen LogP contribution in [0.3, 0.4) is 0 Å². The summed E-state index contributed by atoms with van der Waals surface area (Å²) in [6, 6.07) is 0. The molecule has 0 aliphatic carbocycles. The molecule has 2 saturated heterocycles. The first-order valence-corrected chi connectivity index (χ1v) is 7.56. The smallest absolute Gasteiger partial charge is 0.312 e. The first kappa shape index (κ1) is 15.3. The van der Waals surface area contributed by atoms with E-state index in [9.17, 15) is 14.7 Å². The van der Waals surface area contributed by atoms with Gasteiger partial charge in [0.1, 0.15) is 0 Å². The van der Waals surface area contributed by atoms with Gasteiger partial charge in [-0.05, 0) is 38.6 Å². The highest BCUT2D eigenvalue weighted by Gasteiger charge is 2.31. The van der Waals surface area contributed by atoms with Gasteiger partial charge < -0.3 is 20.2 Å². The van der Waals surface area contributed by atoms with Crippen LogP contribution in [-0.4, -0.2) is 72.1 Å². The zero-order valence-corrected chi connectivity index (χ0v) is 12.2. The van der Waals surface area contributed by atoms with Gasteiger partial charge in [-0.3, -0.25) is 9.59 Å². The first-order valence-electron chi connectivity index (χ1n) is 7.56. The van der Waals surface area contributed by atoms with E-state index >= 15 is 0 Å². The summed E-state index contributed by atoms with van der Waals surface area (Å²) in [5.41, 5.74) is 0. The summed E-state index contributed by atoms with van der Waals surface area (Å²) in [5, 5.41) is 12.8. The lowest BCUT2D eigenvalue weighted by atomic mass is 9.92. The molecule has 1 unspecified atom stereocenters. The summed E-state index contributed by atoms with van der Waals surface area (Å²) in [6.45, 7) is 5.85. The fourth-order valence-corrected chi connectivity index (χ4v) is 2.90. The number of carbonyl (C=O) groups excluding carboxylic acids is 2. The third-order valence-electron chi connectivity index (χ3n) is 4.32. The predicted octanol–water partition coefficient (Wildman–Crippen LogP) is -0.572. The van der Waals surface area contributed by atoms with Gasteiger partial charge in [0.05, 0.1) is 6.10 Å². The molecule has 2 aliphatic rings. The number of carbonyl (C=O) groups is 2.